The van der Waals surface area contributed by atoms with Gasteiger partial charge in [-0.2, -0.15) is 5.10 Å². The average molecular weight is 333 g/mol. The third kappa shape index (κ3) is 2.61. The number of nitrogens with zero attached hydrogens (tertiary/aromatic N) is 2. The van der Waals surface area contributed by atoms with E-state index in [1.165, 1.54) is 23.1 Å². The van der Waals surface area contributed by atoms with Gasteiger partial charge in [-0.1, -0.05) is 30.3 Å². The molecule has 3 unspecified atom stereocenters. The molecule has 2 fully saturated rings. The lowest BCUT2D eigenvalue weighted by molar-refractivity contribution is -0.0368. The maximum Gasteiger partial charge on any atom is 0.150 e. The van der Waals surface area contributed by atoms with Crippen molar-refractivity contribution in [3.8, 4) is 0 Å². The average Bonchev–Trinajstić information content (AvgIpc) is 3.37. The zero-order chi connectivity index (χ0) is 16.8. The predicted molar refractivity (Wildman–Crippen MR) is 99.5 cm³/mol. The summed E-state index contributed by atoms with van der Waals surface area (Å²) in [5.74, 6) is 1.05. The van der Waals surface area contributed by atoms with Gasteiger partial charge in [0.2, 0.25) is 0 Å². The normalized spacial score (nSPS) is 26.0. The molecule has 0 amide bonds. The number of aromatic nitrogens is 2. The van der Waals surface area contributed by atoms with Crippen LogP contribution in [0.5, 0.6) is 0 Å². The molecule has 3 aromatic rings. The molecule has 1 aliphatic heterocycles. The highest BCUT2D eigenvalue weighted by Gasteiger charge is 2.42. The summed E-state index contributed by atoms with van der Waals surface area (Å²) in [6.07, 6.45) is 4.60. The van der Waals surface area contributed by atoms with Crippen LogP contribution in [0.3, 0.4) is 0 Å². The molecule has 1 saturated carbocycles. The van der Waals surface area contributed by atoms with Crippen LogP contribution in [0.15, 0.2) is 48.5 Å². The van der Waals surface area contributed by atoms with E-state index in [1.54, 1.807) is 0 Å². The van der Waals surface area contributed by atoms with Gasteiger partial charge in [-0.15, -0.1) is 0 Å². The Bertz CT molecular complexity index is 896. The van der Waals surface area contributed by atoms with Gasteiger partial charge in [-0.3, -0.25) is 0 Å². The number of fused-ring (bicyclic) bond motifs is 1. The Morgan fingerprint density at radius 1 is 1.04 bits per heavy atom. The molecule has 0 radical (unpaired) electrons. The monoisotopic (exact) mass is 333 g/mol. The summed E-state index contributed by atoms with van der Waals surface area (Å²) in [6.45, 7) is 0.826. The minimum Gasteiger partial charge on any atom is -0.399 e. The van der Waals surface area contributed by atoms with E-state index in [0.29, 0.717) is 11.8 Å². The van der Waals surface area contributed by atoms with Gasteiger partial charge in [0.25, 0.3) is 0 Å². The fourth-order valence-corrected chi connectivity index (χ4v) is 4.16. The van der Waals surface area contributed by atoms with Crippen LogP contribution in [0, 0.1) is 0 Å². The van der Waals surface area contributed by atoms with Gasteiger partial charge in [-0.05, 0) is 55.4 Å². The van der Waals surface area contributed by atoms with Crippen molar-refractivity contribution in [3.05, 3.63) is 59.8 Å². The number of anilines is 1. The first-order valence-corrected chi connectivity index (χ1v) is 9.25. The molecule has 4 heteroatoms. The lowest BCUT2D eigenvalue weighted by atomic mass is 10.1. The van der Waals surface area contributed by atoms with Crippen LogP contribution in [0.25, 0.3) is 10.9 Å². The lowest BCUT2D eigenvalue weighted by Gasteiger charge is -2.23. The fraction of sp³-hybridized carbons (Fsp3) is 0.381. The Kier molecular flexibility index (Phi) is 3.52. The second kappa shape index (κ2) is 5.88. The Hall–Kier alpha value is -2.33. The minimum atomic E-state index is 0.0579. The van der Waals surface area contributed by atoms with Crippen molar-refractivity contribution in [2.75, 3.05) is 12.3 Å². The molecule has 1 saturated heterocycles. The molecular weight excluding hydrogens is 310 g/mol. The van der Waals surface area contributed by atoms with E-state index >= 15 is 0 Å². The predicted octanol–water partition coefficient (Wildman–Crippen LogP) is 4.59. The fourth-order valence-electron chi connectivity index (χ4n) is 4.16. The summed E-state index contributed by atoms with van der Waals surface area (Å²) < 4.78 is 8.10. The molecule has 0 spiro atoms. The van der Waals surface area contributed by atoms with E-state index < -0.39 is 0 Å². The molecule has 1 aliphatic carbocycles. The van der Waals surface area contributed by atoms with Gasteiger partial charge in [-0.25, -0.2) is 4.68 Å². The topological polar surface area (TPSA) is 53.1 Å². The van der Waals surface area contributed by atoms with Crippen molar-refractivity contribution in [2.24, 2.45) is 0 Å². The molecule has 128 valence electrons. The summed E-state index contributed by atoms with van der Waals surface area (Å²) in [6, 6.07) is 16.9. The lowest BCUT2D eigenvalue weighted by Crippen LogP contribution is -2.19. The molecule has 1 aromatic heterocycles. The zero-order valence-corrected chi connectivity index (χ0v) is 14.3. The van der Waals surface area contributed by atoms with Crippen LogP contribution in [0.4, 0.5) is 5.69 Å². The first kappa shape index (κ1) is 15.0. The van der Waals surface area contributed by atoms with Crippen molar-refractivity contribution >= 4 is 16.6 Å². The highest BCUT2D eigenvalue weighted by Crippen LogP contribution is 2.55. The Balaban J connectivity index is 1.55. The second-order valence-corrected chi connectivity index (χ2v) is 7.29. The highest BCUT2D eigenvalue weighted by molar-refractivity contribution is 5.86. The summed E-state index contributed by atoms with van der Waals surface area (Å²) in [5, 5.41) is 6.22. The van der Waals surface area contributed by atoms with E-state index in [-0.39, 0.29) is 6.23 Å². The first-order valence-electron chi connectivity index (χ1n) is 9.25. The molecular formula is C21H23N3O. The van der Waals surface area contributed by atoms with E-state index in [0.717, 1.165) is 37.1 Å². The highest BCUT2D eigenvalue weighted by atomic mass is 16.5. The number of hydrogen-bond donors (Lipinski definition) is 1. The molecule has 25 heavy (non-hydrogen) atoms. The second-order valence-electron chi connectivity index (χ2n) is 7.29. The van der Waals surface area contributed by atoms with Gasteiger partial charge in [0.05, 0.1) is 11.2 Å². The largest absolute Gasteiger partial charge is 0.399 e. The van der Waals surface area contributed by atoms with Crippen LogP contribution in [-0.4, -0.2) is 16.4 Å². The van der Waals surface area contributed by atoms with Gasteiger partial charge in [0.15, 0.2) is 6.23 Å². The van der Waals surface area contributed by atoms with Crippen LogP contribution >= 0.6 is 0 Å². The number of benzene rings is 2. The quantitative estimate of drug-likeness (QED) is 0.713. The first-order chi connectivity index (χ1) is 12.3. The molecule has 2 heterocycles. The number of rotatable bonds is 3. The number of hydrogen-bond acceptors (Lipinski definition) is 3. The third-order valence-electron chi connectivity index (χ3n) is 5.56. The molecule has 4 nitrogen and oxygen atoms in total. The van der Waals surface area contributed by atoms with Crippen molar-refractivity contribution in [1.82, 2.24) is 9.78 Å². The molecule has 0 bridgehead atoms. The Morgan fingerprint density at radius 2 is 1.92 bits per heavy atom. The Morgan fingerprint density at radius 3 is 2.72 bits per heavy atom. The smallest absolute Gasteiger partial charge is 0.150 e. The van der Waals surface area contributed by atoms with E-state index in [2.05, 4.69) is 47.1 Å². The van der Waals surface area contributed by atoms with Crippen LogP contribution in [0.1, 0.15) is 55.0 Å². The standard InChI is InChI=1S/C21H23N3O/c22-15-9-10-19-18(12-15)21(23-24(19)20-8-4-5-11-25-20)17-13-16(17)14-6-2-1-3-7-14/h1-3,6-7,9-10,12,16-17,20H,4-5,8,11,13,22H2. The van der Waals surface area contributed by atoms with Crippen molar-refractivity contribution in [2.45, 2.75) is 43.7 Å². The molecule has 2 aromatic carbocycles. The maximum atomic E-state index is 6.08. The van der Waals surface area contributed by atoms with Crippen LogP contribution in [0.2, 0.25) is 0 Å². The van der Waals surface area contributed by atoms with Crippen molar-refractivity contribution in [3.63, 3.8) is 0 Å². The van der Waals surface area contributed by atoms with Crippen LogP contribution < -0.4 is 5.73 Å². The van der Waals surface area contributed by atoms with Crippen LogP contribution in [-0.2, 0) is 4.74 Å². The SMILES string of the molecule is Nc1ccc2c(c1)c(C1CC1c1ccccc1)nn2C1CCCCO1. The number of ether oxygens (including phenoxy) is 1. The van der Waals surface area contributed by atoms with E-state index in [9.17, 15) is 0 Å². The minimum absolute atomic E-state index is 0.0579. The number of nitrogens with two attached hydrogens (primary N) is 1. The summed E-state index contributed by atoms with van der Waals surface area (Å²) in [7, 11) is 0. The summed E-state index contributed by atoms with van der Waals surface area (Å²) in [5.41, 5.74) is 10.6. The van der Waals surface area contributed by atoms with Gasteiger partial charge < -0.3 is 10.5 Å². The van der Waals surface area contributed by atoms with E-state index in [4.69, 9.17) is 15.6 Å². The number of nitrogen functional groups attached to an aromatic ring is 1. The van der Waals surface area contributed by atoms with Gasteiger partial charge in [0, 0.05) is 23.6 Å². The Labute approximate surface area is 147 Å². The van der Waals surface area contributed by atoms with Gasteiger partial charge in [0.1, 0.15) is 0 Å². The van der Waals surface area contributed by atoms with E-state index in [1.807, 2.05) is 6.07 Å². The molecule has 5 rings (SSSR count). The zero-order valence-electron chi connectivity index (χ0n) is 14.3. The summed E-state index contributed by atoms with van der Waals surface area (Å²) >= 11 is 0. The molecule has 2 aliphatic rings. The summed E-state index contributed by atoms with van der Waals surface area (Å²) in [4.78, 5) is 0. The maximum absolute atomic E-state index is 6.08. The third-order valence-corrected chi connectivity index (χ3v) is 5.56. The van der Waals surface area contributed by atoms with Gasteiger partial charge >= 0.3 is 0 Å². The molecule has 2 N–H and O–H groups in total. The van der Waals surface area contributed by atoms with Crippen molar-refractivity contribution in [1.29, 1.82) is 0 Å². The molecule has 3 atom stereocenters. The van der Waals surface area contributed by atoms with Crippen molar-refractivity contribution < 1.29 is 4.74 Å².